The van der Waals surface area contributed by atoms with Crippen LogP contribution in [0, 0.1) is 0 Å². The molecule has 1 aromatic heterocycles. The molecule has 0 saturated carbocycles. The molecular weight excluding hydrogens is 296 g/mol. The Balaban J connectivity index is 1.50. The van der Waals surface area contributed by atoms with Gasteiger partial charge in [0.25, 0.3) is 5.91 Å². The molecule has 0 aliphatic carbocycles. The molecule has 7 heteroatoms. The molecule has 1 amide bonds. The van der Waals surface area contributed by atoms with Gasteiger partial charge >= 0.3 is 0 Å². The summed E-state index contributed by atoms with van der Waals surface area (Å²) in [6, 6.07) is 2.47. The Morgan fingerprint density at radius 2 is 2.13 bits per heavy atom. The van der Waals surface area contributed by atoms with Crippen molar-refractivity contribution in [3.05, 3.63) is 12.4 Å². The van der Waals surface area contributed by atoms with Gasteiger partial charge < -0.3 is 19.3 Å². The zero-order chi connectivity index (χ0) is 15.8. The Labute approximate surface area is 135 Å². The summed E-state index contributed by atoms with van der Waals surface area (Å²) < 4.78 is 10.8. The number of aromatic nitrogens is 2. The summed E-state index contributed by atoms with van der Waals surface area (Å²) in [5.41, 5.74) is 0. The van der Waals surface area contributed by atoms with Gasteiger partial charge in [0.05, 0.1) is 19.2 Å². The molecule has 3 saturated heterocycles. The zero-order valence-corrected chi connectivity index (χ0v) is 13.4. The monoisotopic (exact) mass is 318 g/mol. The highest BCUT2D eigenvalue weighted by Gasteiger charge is 2.46. The topological polar surface area (TPSA) is 67.8 Å². The van der Waals surface area contributed by atoms with Crippen LogP contribution >= 0.6 is 0 Å². The van der Waals surface area contributed by atoms with Gasteiger partial charge in [-0.1, -0.05) is 0 Å². The van der Waals surface area contributed by atoms with Crippen molar-refractivity contribution >= 4 is 11.7 Å². The van der Waals surface area contributed by atoms with E-state index in [1.165, 1.54) is 6.33 Å². The lowest BCUT2D eigenvalue weighted by Gasteiger charge is -2.27. The second kappa shape index (κ2) is 5.96. The number of nitrogens with zero attached hydrogens (tertiary/aromatic N) is 4. The quantitative estimate of drug-likeness (QED) is 0.823. The van der Waals surface area contributed by atoms with Gasteiger partial charge in [-0.15, -0.1) is 0 Å². The number of carbonyl (C=O) groups is 1. The fourth-order valence-electron chi connectivity index (χ4n) is 4.10. The number of hydrogen-bond donors (Lipinski definition) is 0. The summed E-state index contributed by atoms with van der Waals surface area (Å²) in [6.07, 6.45) is 5.13. The van der Waals surface area contributed by atoms with Gasteiger partial charge in [0.15, 0.2) is 0 Å². The van der Waals surface area contributed by atoms with E-state index in [2.05, 4.69) is 14.9 Å². The molecule has 0 radical (unpaired) electrons. The van der Waals surface area contributed by atoms with E-state index in [9.17, 15) is 4.79 Å². The van der Waals surface area contributed by atoms with Crippen molar-refractivity contribution in [3.8, 4) is 5.88 Å². The Kier molecular flexibility index (Phi) is 3.80. The molecule has 3 fully saturated rings. The smallest absolute Gasteiger partial charge is 0.252 e. The lowest BCUT2D eigenvalue weighted by Crippen LogP contribution is -2.44. The molecule has 1 aromatic rings. The Bertz CT molecular complexity index is 590. The highest BCUT2D eigenvalue weighted by atomic mass is 16.5. The summed E-state index contributed by atoms with van der Waals surface area (Å²) in [5.74, 6) is 1.64. The van der Waals surface area contributed by atoms with Crippen LogP contribution in [0.2, 0.25) is 0 Å². The van der Waals surface area contributed by atoms with E-state index in [1.807, 2.05) is 11.0 Å². The molecule has 0 aromatic carbocycles. The first-order valence-corrected chi connectivity index (χ1v) is 8.32. The van der Waals surface area contributed by atoms with Crippen LogP contribution < -0.4 is 9.64 Å². The van der Waals surface area contributed by atoms with Crippen LogP contribution in [0.1, 0.15) is 25.7 Å². The largest absolute Gasteiger partial charge is 0.481 e. The first-order chi connectivity index (χ1) is 11.3. The minimum atomic E-state index is -0.220. The van der Waals surface area contributed by atoms with Crippen LogP contribution in [-0.2, 0) is 9.53 Å². The SMILES string of the molecule is COc1cc(N2CC[C@@H]3[C@@H]2CCN3C(=O)[C@H]2CCCO2)ncn1. The van der Waals surface area contributed by atoms with Crippen molar-refractivity contribution in [2.24, 2.45) is 0 Å². The second-order valence-corrected chi connectivity index (χ2v) is 6.36. The molecule has 0 spiro atoms. The third kappa shape index (κ3) is 2.52. The number of ether oxygens (including phenoxy) is 2. The predicted octanol–water partition coefficient (Wildman–Crippen LogP) is 0.844. The van der Waals surface area contributed by atoms with Gasteiger partial charge in [-0.25, -0.2) is 9.97 Å². The fourth-order valence-corrected chi connectivity index (χ4v) is 4.10. The summed E-state index contributed by atoms with van der Waals surface area (Å²) in [7, 11) is 1.61. The summed E-state index contributed by atoms with van der Waals surface area (Å²) in [4.78, 5) is 25.5. The minimum absolute atomic E-state index is 0.178. The summed E-state index contributed by atoms with van der Waals surface area (Å²) >= 11 is 0. The van der Waals surface area contributed by atoms with Crippen molar-refractivity contribution in [3.63, 3.8) is 0 Å². The van der Waals surface area contributed by atoms with Crippen LogP contribution in [0.4, 0.5) is 5.82 Å². The average molecular weight is 318 g/mol. The molecule has 23 heavy (non-hydrogen) atoms. The maximum Gasteiger partial charge on any atom is 0.252 e. The normalized spacial score (nSPS) is 29.9. The molecule has 3 aliphatic heterocycles. The third-order valence-corrected chi connectivity index (χ3v) is 5.20. The number of amides is 1. The molecule has 7 nitrogen and oxygen atoms in total. The number of rotatable bonds is 3. The van der Waals surface area contributed by atoms with Crippen molar-refractivity contribution in [1.82, 2.24) is 14.9 Å². The molecule has 0 N–H and O–H groups in total. The van der Waals surface area contributed by atoms with E-state index >= 15 is 0 Å². The summed E-state index contributed by atoms with van der Waals surface area (Å²) in [6.45, 7) is 2.43. The van der Waals surface area contributed by atoms with Crippen molar-refractivity contribution in [2.75, 3.05) is 31.7 Å². The standard InChI is InChI=1S/C16H22N4O3/c1-22-15-9-14(17-10-18-15)19-6-4-12-11(19)5-7-20(12)16(21)13-3-2-8-23-13/h9-13H,2-8H2,1H3/t11-,12+,13+/m0/s1. The molecule has 3 atom stereocenters. The second-order valence-electron chi connectivity index (χ2n) is 6.36. The van der Waals surface area contributed by atoms with E-state index in [1.54, 1.807) is 7.11 Å². The van der Waals surface area contributed by atoms with Gasteiger partial charge in [-0.05, 0) is 25.7 Å². The molecule has 3 aliphatic rings. The van der Waals surface area contributed by atoms with Crippen molar-refractivity contribution in [1.29, 1.82) is 0 Å². The number of hydrogen-bond acceptors (Lipinski definition) is 6. The first kappa shape index (κ1) is 14.7. The van der Waals surface area contributed by atoms with E-state index in [0.717, 1.165) is 44.6 Å². The van der Waals surface area contributed by atoms with E-state index in [0.29, 0.717) is 18.5 Å². The van der Waals surface area contributed by atoms with Crippen LogP contribution in [0.3, 0.4) is 0 Å². The number of fused-ring (bicyclic) bond motifs is 1. The van der Waals surface area contributed by atoms with Gasteiger partial charge in [0, 0.05) is 25.8 Å². The van der Waals surface area contributed by atoms with Gasteiger partial charge in [0.2, 0.25) is 5.88 Å². The zero-order valence-electron chi connectivity index (χ0n) is 13.4. The molecule has 0 bridgehead atoms. The molecule has 4 rings (SSSR count). The van der Waals surface area contributed by atoms with Crippen LogP contribution in [0.15, 0.2) is 12.4 Å². The fraction of sp³-hybridized carbons (Fsp3) is 0.688. The number of likely N-dealkylation sites (tertiary alicyclic amines) is 1. The lowest BCUT2D eigenvalue weighted by atomic mass is 10.1. The highest BCUT2D eigenvalue weighted by molar-refractivity contribution is 5.82. The predicted molar refractivity (Wildman–Crippen MR) is 83.4 cm³/mol. The molecule has 4 heterocycles. The van der Waals surface area contributed by atoms with E-state index in [4.69, 9.17) is 9.47 Å². The van der Waals surface area contributed by atoms with Crippen molar-refractivity contribution < 1.29 is 14.3 Å². The maximum atomic E-state index is 12.7. The van der Waals surface area contributed by atoms with Crippen molar-refractivity contribution in [2.45, 2.75) is 43.9 Å². The van der Waals surface area contributed by atoms with Crippen LogP contribution in [0.5, 0.6) is 5.88 Å². The van der Waals surface area contributed by atoms with Crippen LogP contribution in [0.25, 0.3) is 0 Å². The van der Waals surface area contributed by atoms with Gasteiger partial charge in [-0.2, -0.15) is 0 Å². The molecule has 0 unspecified atom stereocenters. The summed E-state index contributed by atoms with van der Waals surface area (Å²) in [5, 5.41) is 0. The van der Waals surface area contributed by atoms with Gasteiger partial charge in [-0.3, -0.25) is 4.79 Å². The number of methoxy groups -OCH3 is 1. The lowest BCUT2D eigenvalue weighted by molar-refractivity contribution is -0.141. The molecule has 124 valence electrons. The average Bonchev–Trinajstić information content (AvgIpc) is 3.31. The molecular formula is C16H22N4O3. The van der Waals surface area contributed by atoms with Gasteiger partial charge in [0.1, 0.15) is 18.2 Å². The first-order valence-electron chi connectivity index (χ1n) is 8.32. The maximum absolute atomic E-state index is 12.7. The Morgan fingerprint density at radius 3 is 2.91 bits per heavy atom. The van der Waals surface area contributed by atoms with E-state index < -0.39 is 0 Å². The Morgan fingerprint density at radius 1 is 1.26 bits per heavy atom. The number of anilines is 1. The Hall–Kier alpha value is -1.89. The highest BCUT2D eigenvalue weighted by Crippen LogP contribution is 2.35. The van der Waals surface area contributed by atoms with Crippen LogP contribution in [-0.4, -0.2) is 65.8 Å². The number of carbonyl (C=O) groups excluding carboxylic acids is 1. The minimum Gasteiger partial charge on any atom is -0.481 e. The third-order valence-electron chi connectivity index (χ3n) is 5.20. The van der Waals surface area contributed by atoms with E-state index in [-0.39, 0.29) is 18.1 Å².